The van der Waals surface area contributed by atoms with Gasteiger partial charge in [-0.25, -0.2) is 4.79 Å². The highest BCUT2D eigenvalue weighted by atomic mass is 35.5. The van der Waals surface area contributed by atoms with E-state index < -0.39 is 11.6 Å². The van der Waals surface area contributed by atoms with Crippen molar-refractivity contribution in [1.82, 2.24) is 4.90 Å². The van der Waals surface area contributed by atoms with Crippen molar-refractivity contribution in [2.75, 3.05) is 43.5 Å². The maximum absolute atomic E-state index is 13.2. The number of hydrogen-bond acceptors (Lipinski definition) is 6. The molecule has 176 valence electrons. The Bertz CT molecular complexity index is 1030. The summed E-state index contributed by atoms with van der Waals surface area (Å²) in [5.41, 5.74) is 0.323. The highest BCUT2D eigenvalue weighted by Crippen LogP contribution is 2.30. The van der Waals surface area contributed by atoms with Crippen LogP contribution in [0, 0.1) is 0 Å². The highest BCUT2D eigenvalue weighted by Gasteiger charge is 2.31. The molecule has 2 amide bonds. The van der Waals surface area contributed by atoms with E-state index in [2.05, 4.69) is 10.2 Å². The molecule has 1 heterocycles. The molecule has 1 aliphatic rings. The van der Waals surface area contributed by atoms with E-state index in [1.807, 2.05) is 0 Å². The molecule has 2 aromatic rings. The maximum atomic E-state index is 13.2. The van der Waals surface area contributed by atoms with Gasteiger partial charge in [0, 0.05) is 38.1 Å². The molecule has 3 rings (SSSR count). The van der Waals surface area contributed by atoms with Gasteiger partial charge in [-0.2, -0.15) is 0 Å². The molecule has 0 radical (unpaired) electrons. The lowest BCUT2D eigenvalue weighted by atomic mass is 10.1. The average molecular weight is 474 g/mol. The van der Waals surface area contributed by atoms with Gasteiger partial charge in [0.2, 0.25) is 5.91 Å². The molecular formula is C24H28ClN3O5. The van der Waals surface area contributed by atoms with Gasteiger partial charge in [-0.15, -0.1) is 0 Å². The molecule has 9 heteroatoms. The third-order valence-corrected chi connectivity index (χ3v) is 5.72. The van der Waals surface area contributed by atoms with Crippen LogP contribution in [0.2, 0.25) is 5.02 Å². The molecule has 0 bridgehead atoms. The van der Waals surface area contributed by atoms with E-state index in [4.69, 9.17) is 21.1 Å². The lowest BCUT2D eigenvalue weighted by Gasteiger charge is -2.37. The minimum absolute atomic E-state index is 0.0327. The number of nitrogens with one attached hydrogen (secondary N) is 1. The number of carbonyl (C=O) groups excluding carboxylic acids is 3. The van der Waals surface area contributed by atoms with Crippen LogP contribution in [0.4, 0.5) is 11.4 Å². The summed E-state index contributed by atoms with van der Waals surface area (Å²) < 4.78 is 10.7. The van der Waals surface area contributed by atoms with Crippen LogP contribution in [-0.2, 0) is 14.3 Å². The van der Waals surface area contributed by atoms with Crippen LogP contribution in [0.3, 0.4) is 0 Å². The summed E-state index contributed by atoms with van der Waals surface area (Å²) >= 11 is 5.92. The van der Waals surface area contributed by atoms with E-state index in [0.717, 1.165) is 5.69 Å². The van der Waals surface area contributed by atoms with Crippen LogP contribution in [0.25, 0.3) is 0 Å². The first-order chi connectivity index (χ1) is 15.6. The van der Waals surface area contributed by atoms with E-state index in [1.165, 1.54) is 7.11 Å². The number of hydrogen-bond donors (Lipinski definition) is 1. The van der Waals surface area contributed by atoms with Crippen molar-refractivity contribution in [2.45, 2.75) is 26.4 Å². The van der Waals surface area contributed by atoms with Crippen molar-refractivity contribution in [3.63, 3.8) is 0 Å². The van der Waals surface area contributed by atoms with Crippen molar-refractivity contribution < 1.29 is 23.9 Å². The Kier molecular flexibility index (Phi) is 7.48. The number of amides is 2. The molecule has 0 aromatic heterocycles. The van der Waals surface area contributed by atoms with E-state index in [9.17, 15) is 14.4 Å². The van der Waals surface area contributed by atoms with Crippen molar-refractivity contribution >= 4 is 40.8 Å². The zero-order chi connectivity index (χ0) is 24.2. The first kappa shape index (κ1) is 24.4. The Morgan fingerprint density at radius 3 is 2.21 bits per heavy atom. The van der Waals surface area contributed by atoms with Crippen molar-refractivity contribution in [3.8, 4) is 5.75 Å². The number of ether oxygens (including phenoxy) is 2. The molecule has 2 aromatic carbocycles. The second-order valence-electron chi connectivity index (χ2n) is 8.24. The number of nitrogens with zero attached hydrogens (tertiary/aromatic N) is 2. The first-order valence-corrected chi connectivity index (χ1v) is 11.0. The van der Waals surface area contributed by atoms with Crippen LogP contribution >= 0.6 is 11.6 Å². The van der Waals surface area contributed by atoms with Crippen LogP contribution in [0.15, 0.2) is 42.5 Å². The fraction of sp³-hybridized carbons (Fsp3) is 0.375. The van der Waals surface area contributed by atoms with Crippen LogP contribution in [0.5, 0.6) is 5.75 Å². The number of piperazine rings is 1. The fourth-order valence-electron chi connectivity index (χ4n) is 3.54. The summed E-state index contributed by atoms with van der Waals surface area (Å²) in [6.45, 7) is 7.22. The van der Waals surface area contributed by atoms with Crippen molar-refractivity contribution in [3.05, 3.63) is 53.1 Å². The average Bonchev–Trinajstić information content (AvgIpc) is 2.80. The normalized spacial score (nSPS) is 14.0. The number of rotatable bonds is 6. The van der Waals surface area contributed by atoms with E-state index in [1.54, 1.807) is 68.1 Å². The molecule has 8 nitrogen and oxygen atoms in total. The molecule has 1 saturated heterocycles. The Labute approximate surface area is 198 Å². The van der Waals surface area contributed by atoms with E-state index in [0.29, 0.717) is 48.2 Å². The SMILES string of the molecule is COC(=O)c1ccc(N2CCN(C(C)=O)CC2)c(NC(=O)C(C)(C)Oc2ccc(Cl)cc2)c1. The lowest BCUT2D eigenvalue weighted by molar-refractivity contribution is -0.129. The van der Waals surface area contributed by atoms with E-state index in [-0.39, 0.29) is 11.8 Å². The topological polar surface area (TPSA) is 88.2 Å². The second kappa shape index (κ2) is 10.1. The van der Waals surface area contributed by atoms with Gasteiger partial charge in [0.15, 0.2) is 5.60 Å². The summed E-state index contributed by atoms with van der Waals surface area (Å²) in [4.78, 5) is 40.8. The smallest absolute Gasteiger partial charge is 0.337 e. The monoisotopic (exact) mass is 473 g/mol. The summed E-state index contributed by atoms with van der Waals surface area (Å²) in [5.74, 6) is -0.355. The Balaban J connectivity index is 1.84. The zero-order valence-electron chi connectivity index (χ0n) is 19.2. The molecule has 0 atom stereocenters. The predicted molar refractivity (Wildman–Crippen MR) is 127 cm³/mol. The summed E-state index contributed by atoms with van der Waals surface area (Å²) in [7, 11) is 1.30. The third kappa shape index (κ3) is 5.96. The number of benzene rings is 2. The van der Waals surface area contributed by atoms with Gasteiger partial charge in [0.05, 0.1) is 24.0 Å². The van der Waals surface area contributed by atoms with Crippen LogP contribution in [0.1, 0.15) is 31.1 Å². The van der Waals surface area contributed by atoms with E-state index >= 15 is 0 Å². The minimum Gasteiger partial charge on any atom is -0.478 e. The molecule has 33 heavy (non-hydrogen) atoms. The number of carbonyl (C=O) groups is 3. The number of halogens is 1. The fourth-order valence-corrected chi connectivity index (χ4v) is 3.66. The number of esters is 1. The van der Waals surface area contributed by atoms with Crippen molar-refractivity contribution in [1.29, 1.82) is 0 Å². The molecule has 1 aliphatic heterocycles. The Morgan fingerprint density at radius 2 is 1.64 bits per heavy atom. The first-order valence-electron chi connectivity index (χ1n) is 10.6. The number of anilines is 2. The second-order valence-corrected chi connectivity index (χ2v) is 8.67. The molecule has 0 aliphatic carbocycles. The Morgan fingerprint density at radius 1 is 1.00 bits per heavy atom. The predicted octanol–water partition coefficient (Wildman–Crippen LogP) is 3.59. The molecular weight excluding hydrogens is 446 g/mol. The largest absolute Gasteiger partial charge is 0.478 e. The van der Waals surface area contributed by atoms with Gasteiger partial charge in [-0.05, 0) is 56.3 Å². The molecule has 0 saturated carbocycles. The highest BCUT2D eigenvalue weighted by molar-refractivity contribution is 6.30. The zero-order valence-corrected chi connectivity index (χ0v) is 19.9. The quantitative estimate of drug-likeness (QED) is 0.645. The van der Waals surface area contributed by atoms with Crippen LogP contribution < -0.4 is 15.0 Å². The molecule has 1 fully saturated rings. The summed E-state index contributed by atoms with van der Waals surface area (Å²) in [6, 6.07) is 11.8. The molecule has 1 N–H and O–H groups in total. The van der Waals surface area contributed by atoms with Crippen LogP contribution in [-0.4, -0.2) is 61.6 Å². The van der Waals surface area contributed by atoms with Gasteiger partial charge in [-0.3, -0.25) is 9.59 Å². The number of methoxy groups -OCH3 is 1. The summed E-state index contributed by atoms with van der Waals surface area (Å²) in [5, 5.41) is 3.48. The van der Waals surface area contributed by atoms with Gasteiger partial charge in [-0.1, -0.05) is 11.6 Å². The third-order valence-electron chi connectivity index (χ3n) is 5.47. The van der Waals surface area contributed by atoms with Gasteiger partial charge >= 0.3 is 5.97 Å². The maximum Gasteiger partial charge on any atom is 0.337 e. The summed E-state index contributed by atoms with van der Waals surface area (Å²) in [6.07, 6.45) is 0. The molecule has 0 unspecified atom stereocenters. The van der Waals surface area contributed by atoms with Crippen molar-refractivity contribution in [2.24, 2.45) is 0 Å². The van der Waals surface area contributed by atoms with Gasteiger partial charge < -0.3 is 24.6 Å². The lowest BCUT2D eigenvalue weighted by Crippen LogP contribution is -2.48. The molecule has 0 spiro atoms. The standard InChI is InChI=1S/C24H28ClN3O5/c1-16(29)27-11-13-28(14-12-27)21-10-5-17(22(30)32-4)15-20(21)26-23(31)24(2,3)33-19-8-6-18(25)7-9-19/h5-10,15H,11-14H2,1-4H3,(H,26,31). The Hall–Kier alpha value is -3.26. The van der Waals surface area contributed by atoms with Gasteiger partial charge in [0.1, 0.15) is 5.75 Å². The minimum atomic E-state index is -1.21. The van der Waals surface area contributed by atoms with Gasteiger partial charge in [0.25, 0.3) is 5.91 Å².